The molecule has 1 heterocycles. The number of benzene rings is 1. The highest BCUT2D eigenvalue weighted by Crippen LogP contribution is 2.12. The maximum Gasteiger partial charge on any atom is 0.303 e. The Balaban J connectivity index is 1.77. The van der Waals surface area contributed by atoms with Crippen molar-refractivity contribution in [3.63, 3.8) is 0 Å². The Kier molecular flexibility index (Phi) is 4.50. The molecule has 1 aliphatic heterocycles. The van der Waals surface area contributed by atoms with E-state index in [1.54, 1.807) is 12.2 Å². The van der Waals surface area contributed by atoms with Crippen LogP contribution in [0.4, 0.5) is 0 Å². The second-order valence-corrected chi connectivity index (χ2v) is 4.03. The summed E-state index contributed by atoms with van der Waals surface area (Å²) in [6.07, 6.45) is 2.87. The molecule has 0 radical (unpaired) electrons. The Labute approximate surface area is 106 Å². The molecule has 0 bridgehead atoms. The number of ether oxygens (including phenoxy) is 3. The number of hydrogen-bond donors (Lipinski definition) is 0. The molecular formula is C14H16O4. The van der Waals surface area contributed by atoms with E-state index in [2.05, 4.69) is 0 Å². The molecule has 0 fully saturated rings. The lowest BCUT2D eigenvalue weighted by Gasteiger charge is -2.23. The monoisotopic (exact) mass is 248 g/mol. The molecular weight excluding hydrogens is 232 g/mol. The quantitative estimate of drug-likeness (QED) is 0.604. The van der Waals surface area contributed by atoms with Crippen molar-refractivity contribution >= 4 is 5.97 Å². The summed E-state index contributed by atoms with van der Waals surface area (Å²) in [7, 11) is 0. The molecule has 2 atom stereocenters. The summed E-state index contributed by atoms with van der Waals surface area (Å²) < 4.78 is 16.0. The molecule has 0 spiro atoms. The van der Waals surface area contributed by atoms with Crippen LogP contribution in [0.1, 0.15) is 12.5 Å². The molecule has 0 aromatic heterocycles. The van der Waals surface area contributed by atoms with Crippen LogP contribution in [0.3, 0.4) is 0 Å². The van der Waals surface area contributed by atoms with Crippen molar-refractivity contribution in [3.05, 3.63) is 48.0 Å². The van der Waals surface area contributed by atoms with Gasteiger partial charge in [-0.25, -0.2) is 0 Å². The van der Waals surface area contributed by atoms with Crippen molar-refractivity contribution in [2.75, 3.05) is 6.61 Å². The molecule has 0 saturated heterocycles. The predicted octanol–water partition coefficient (Wildman–Crippen LogP) is 2.05. The summed E-state index contributed by atoms with van der Waals surface area (Å²) in [6.45, 7) is 2.20. The lowest BCUT2D eigenvalue weighted by atomic mass is 10.2. The van der Waals surface area contributed by atoms with E-state index in [9.17, 15) is 4.79 Å². The van der Waals surface area contributed by atoms with E-state index in [1.165, 1.54) is 6.92 Å². The first-order chi connectivity index (χ1) is 8.74. The van der Waals surface area contributed by atoms with Crippen molar-refractivity contribution in [2.45, 2.75) is 25.9 Å². The summed E-state index contributed by atoms with van der Waals surface area (Å²) in [5.41, 5.74) is 1.09. The predicted molar refractivity (Wildman–Crippen MR) is 65.7 cm³/mol. The third kappa shape index (κ3) is 3.98. The molecule has 0 amide bonds. The zero-order valence-corrected chi connectivity index (χ0v) is 10.2. The van der Waals surface area contributed by atoms with Gasteiger partial charge >= 0.3 is 5.97 Å². The van der Waals surface area contributed by atoms with Crippen molar-refractivity contribution in [1.82, 2.24) is 0 Å². The van der Waals surface area contributed by atoms with Gasteiger partial charge in [0.15, 0.2) is 6.29 Å². The summed E-state index contributed by atoms with van der Waals surface area (Å²) in [5, 5.41) is 0. The Bertz CT molecular complexity index is 413. The van der Waals surface area contributed by atoms with Crippen LogP contribution in [0.25, 0.3) is 0 Å². The Hall–Kier alpha value is -1.65. The Morgan fingerprint density at radius 3 is 2.72 bits per heavy atom. The second-order valence-electron chi connectivity index (χ2n) is 4.03. The number of rotatable bonds is 4. The number of carbonyl (C=O) groups is 1. The molecule has 0 N–H and O–H groups in total. The van der Waals surface area contributed by atoms with Gasteiger partial charge in [0.05, 0.1) is 13.2 Å². The van der Waals surface area contributed by atoms with Gasteiger partial charge in [0.1, 0.15) is 6.10 Å². The Morgan fingerprint density at radius 2 is 2.11 bits per heavy atom. The van der Waals surface area contributed by atoms with Crippen LogP contribution in [0.15, 0.2) is 42.5 Å². The smallest absolute Gasteiger partial charge is 0.303 e. The first kappa shape index (κ1) is 12.8. The molecule has 4 heteroatoms. The second kappa shape index (κ2) is 6.33. The van der Waals surface area contributed by atoms with Crippen LogP contribution in [-0.4, -0.2) is 25.0 Å². The van der Waals surface area contributed by atoms with Crippen molar-refractivity contribution in [1.29, 1.82) is 0 Å². The van der Waals surface area contributed by atoms with E-state index < -0.39 is 0 Å². The van der Waals surface area contributed by atoms with E-state index in [-0.39, 0.29) is 18.4 Å². The molecule has 1 aromatic rings. The van der Waals surface area contributed by atoms with Gasteiger partial charge in [0.2, 0.25) is 0 Å². The highest BCUT2D eigenvalue weighted by atomic mass is 16.7. The lowest BCUT2D eigenvalue weighted by molar-refractivity contribution is -0.163. The van der Waals surface area contributed by atoms with Crippen LogP contribution in [0.2, 0.25) is 0 Å². The highest BCUT2D eigenvalue weighted by Gasteiger charge is 2.18. The molecule has 1 aliphatic rings. The van der Waals surface area contributed by atoms with Gasteiger partial charge in [0, 0.05) is 6.92 Å². The van der Waals surface area contributed by atoms with Gasteiger partial charge in [-0.15, -0.1) is 0 Å². The fraction of sp³-hybridized carbons (Fsp3) is 0.357. The highest BCUT2D eigenvalue weighted by molar-refractivity contribution is 5.66. The van der Waals surface area contributed by atoms with E-state index in [0.717, 1.165) is 5.56 Å². The van der Waals surface area contributed by atoms with Gasteiger partial charge in [-0.05, 0) is 17.7 Å². The van der Waals surface area contributed by atoms with Crippen molar-refractivity contribution < 1.29 is 19.0 Å². The van der Waals surface area contributed by atoms with Crippen LogP contribution >= 0.6 is 0 Å². The largest absolute Gasteiger partial charge is 0.456 e. The van der Waals surface area contributed by atoms with Crippen LogP contribution in [0, 0.1) is 0 Å². The van der Waals surface area contributed by atoms with Crippen LogP contribution in [-0.2, 0) is 25.6 Å². The van der Waals surface area contributed by atoms with E-state index in [4.69, 9.17) is 14.2 Å². The SMILES string of the molecule is CC(=O)OC1C=CC(OCc2ccccc2)OC1. The first-order valence-electron chi connectivity index (χ1n) is 5.87. The summed E-state index contributed by atoms with van der Waals surface area (Å²) in [5.74, 6) is -0.308. The molecule has 18 heavy (non-hydrogen) atoms. The summed E-state index contributed by atoms with van der Waals surface area (Å²) >= 11 is 0. The maximum absolute atomic E-state index is 10.8. The minimum absolute atomic E-state index is 0.306. The molecule has 0 aliphatic carbocycles. The van der Waals surface area contributed by atoms with Crippen molar-refractivity contribution in [2.24, 2.45) is 0 Å². The molecule has 1 aromatic carbocycles. The summed E-state index contributed by atoms with van der Waals surface area (Å²) in [6, 6.07) is 9.88. The summed E-state index contributed by atoms with van der Waals surface area (Å²) in [4.78, 5) is 10.8. The number of hydrogen-bond acceptors (Lipinski definition) is 4. The fourth-order valence-corrected chi connectivity index (χ4v) is 1.66. The van der Waals surface area contributed by atoms with Crippen LogP contribution < -0.4 is 0 Å². The average Bonchev–Trinajstić information content (AvgIpc) is 2.38. The minimum Gasteiger partial charge on any atom is -0.456 e. The number of esters is 1. The lowest BCUT2D eigenvalue weighted by Crippen LogP contribution is -2.29. The van der Waals surface area contributed by atoms with E-state index >= 15 is 0 Å². The zero-order chi connectivity index (χ0) is 12.8. The van der Waals surface area contributed by atoms with Gasteiger partial charge in [-0.3, -0.25) is 4.79 Å². The van der Waals surface area contributed by atoms with Gasteiger partial charge in [0.25, 0.3) is 0 Å². The number of carbonyl (C=O) groups excluding carboxylic acids is 1. The first-order valence-corrected chi connectivity index (χ1v) is 5.87. The normalized spacial score (nSPS) is 22.7. The van der Waals surface area contributed by atoms with E-state index in [0.29, 0.717) is 13.2 Å². The molecule has 96 valence electrons. The van der Waals surface area contributed by atoms with Crippen molar-refractivity contribution in [3.8, 4) is 0 Å². The third-order valence-electron chi connectivity index (χ3n) is 2.48. The fourth-order valence-electron chi connectivity index (χ4n) is 1.66. The molecule has 2 unspecified atom stereocenters. The molecule has 4 nitrogen and oxygen atoms in total. The third-order valence-corrected chi connectivity index (χ3v) is 2.48. The molecule has 0 saturated carbocycles. The maximum atomic E-state index is 10.8. The van der Waals surface area contributed by atoms with E-state index in [1.807, 2.05) is 30.3 Å². The van der Waals surface area contributed by atoms with Crippen LogP contribution in [0.5, 0.6) is 0 Å². The molecule has 2 rings (SSSR count). The van der Waals surface area contributed by atoms with Gasteiger partial charge in [-0.1, -0.05) is 30.3 Å². The van der Waals surface area contributed by atoms with Gasteiger partial charge in [-0.2, -0.15) is 0 Å². The topological polar surface area (TPSA) is 44.8 Å². The average molecular weight is 248 g/mol. The minimum atomic E-state index is -0.378. The Morgan fingerprint density at radius 1 is 1.33 bits per heavy atom. The zero-order valence-electron chi connectivity index (χ0n) is 10.2. The van der Waals surface area contributed by atoms with Gasteiger partial charge < -0.3 is 14.2 Å². The standard InChI is InChI=1S/C14H16O4/c1-11(15)18-13-7-8-14(17-10-13)16-9-12-5-3-2-4-6-12/h2-8,13-14H,9-10H2,1H3.